The van der Waals surface area contributed by atoms with Crippen LogP contribution in [-0.2, 0) is 4.79 Å². The molecule has 0 aliphatic carbocycles. The molecule has 0 saturated carbocycles. The van der Waals surface area contributed by atoms with Crippen molar-refractivity contribution in [2.45, 2.75) is 0 Å². The smallest absolute Gasteiger partial charge is 0.253 e. The van der Waals surface area contributed by atoms with E-state index in [0.29, 0.717) is 11.3 Å². The van der Waals surface area contributed by atoms with Crippen LogP contribution in [0.5, 0.6) is 5.75 Å². The first-order chi connectivity index (χ1) is 13.5. The minimum absolute atomic E-state index is 0.0328. The third-order valence-corrected chi connectivity index (χ3v) is 4.73. The molecule has 0 bridgehead atoms. The monoisotopic (exact) mass is 379 g/mol. The number of carbonyl (C=O) groups excluding carboxylic acids is 2. The van der Waals surface area contributed by atoms with Crippen LogP contribution in [-0.4, -0.2) is 62.0 Å². The second-order valence-electron chi connectivity index (χ2n) is 6.77. The molecule has 0 spiro atoms. The van der Waals surface area contributed by atoms with Crippen molar-refractivity contribution in [2.75, 3.05) is 45.7 Å². The summed E-state index contributed by atoms with van der Waals surface area (Å²) in [7, 11) is 3.67. The first kappa shape index (κ1) is 19.6. The second kappa shape index (κ2) is 9.19. The summed E-state index contributed by atoms with van der Waals surface area (Å²) < 4.78 is 5.11. The summed E-state index contributed by atoms with van der Waals surface area (Å²) in [6.45, 7) is 3.26. The van der Waals surface area contributed by atoms with Crippen molar-refractivity contribution >= 4 is 23.6 Å². The highest BCUT2D eigenvalue weighted by molar-refractivity contribution is 6.02. The maximum absolute atomic E-state index is 12.5. The Hall–Kier alpha value is -3.12. The van der Waals surface area contributed by atoms with E-state index in [1.807, 2.05) is 29.2 Å². The molecular formula is C22H25N3O3. The number of anilines is 1. The van der Waals surface area contributed by atoms with Crippen molar-refractivity contribution in [3.8, 4) is 5.75 Å². The van der Waals surface area contributed by atoms with Gasteiger partial charge in [0.05, 0.1) is 7.11 Å². The summed E-state index contributed by atoms with van der Waals surface area (Å²) in [5.41, 5.74) is 2.19. The number of nitrogens with one attached hydrogen (secondary N) is 1. The maximum atomic E-state index is 12.5. The molecule has 28 heavy (non-hydrogen) atoms. The zero-order valence-electron chi connectivity index (χ0n) is 16.2. The van der Waals surface area contributed by atoms with E-state index in [9.17, 15) is 9.59 Å². The fraction of sp³-hybridized carbons (Fsp3) is 0.273. The lowest BCUT2D eigenvalue weighted by atomic mass is 10.1. The summed E-state index contributed by atoms with van der Waals surface area (Å²) in [6.07, 6.45) is 3.21. The number of carbonyl (C=O) groups is 2. The molecule has 1 aliphatic heterocycles. The third kappa shape index (κ3) is 5.20. The molecule has 0 radical (unpaired) electrons. The Kier molecular flexibility index (Phi) is 6.45. The molecule has 2 aromatic carbocycles. The summed E-state index contributed by atoms with van der Waals surface area (Å²) in [5.74, 6) is 0.576. The molecule has 6 heteroatoms. The average Bonchev–Trinajstić information content (AvgIpc) is 2.73. The van der Waals surface area contributed by atoms with Gasteiger partial charge in [0.15, 0.2) is 0 Å². The van der Waals surface area contributed by atoms with Crippen molar-refractivity contribution in [2.24, 2.45) is 0 Å². The van der Waals surface area contributed by atoms with Crippen LogP contribution in [0.25, 0.3) is 6.08 Å². The van der Waals surface area contributed by atoms with Crippen LogP contribution in [0.2, 0.25) is 0 Å². The fourth-order valence-electron chi connectivity index (χ4n) is 2.96. The number of methoxy groups -OCH3 is 1. The number of nitrogens with zero attached hydrogens (tertiary/aromatic N) is 2. The van der Waals surface area contributed by atoms with Crippen LogP contribution in [0.15, 0.2) is 54.6 Å². The van der Waals surface area contributed by atoms with Gasteiger partial charge in [-0.3, -0.25) is 9.59 Å². The molecular weight excluding hydrogens is 354 g/mol. The van der Waals surface area contributed by atoms with E-state index in [1.54, 1.807) is 37.5 Å². The SMILES string of the molecule is COc1ccc(C=CC(=O)Nc2ccc(C(=O)N3CCN(C)CC3)cc2)cc1. The van der Waals surface area contributed by atoms with Crippen molar-refractivity contribution in [1.29, 1.82) is 0 Å². The van der Waals surface area contributed by atoms with Gasteiger partial charge in [-0.1, -0.05) is 12.1 Å². The molecule has 146 valence electrons. The molecule has 1 N–H and O–H groups in total. The summed E-state index contributed by atoms with van der Waals surface area (Å²) in [6, 6.07) is 14.4. The van der Waals surface area contributed by atoms with Crippen molar-refractivity contribution in [1.82, 2.24) is 9.80 Å². The molecule has 0 aromatic heterocycles. The van der Waals surface area contributed by atoms with E-state index in [0.717, 1.165) is 37.5 Å². The molecule has 6 nitrogen and oxygen atoms in total. The predicted molar refractivity (Wildman–Crippen MR) is 111 cm³/mol. The predicted octanol–water partition coefficient (Wildman–Crippen LogP) is 2.73. The molecule has 2 aromatic rings. The molecule has 0 unspecified atom stereocenters. The molecule has 1 aliphatic rings. The maximum Gasteiger partial charge on any atom is 0.253 e. The molecule has 1 heterocycles. The van der Waals surface area contributed by atoms with Gasteiger partial charge in [-0.25, -0.2) is 0 Å². The highest BCUT2D eigenvalue weighted by atomic mass is 16.5. The molecule has 0 atom stereocenters. The zero-order valence-corrected chi connectivity index (χ0v) is 16.2. The van der Waals surface area contributed by atoms with Gasteiger partial charge in [0.25, 0.3) is 5.91 Å². The van der Waals surface area contributed by atoms with E-state index in [2.05, 4.69) is 17.3 Å². The van der Waals surface area contributed by atoms with E-state index in [-0.39, 0.29) is 11.8 Å². The van der Waals surface area contributed by atoms with E-state index in [1.165, 1.54) is 6.08 Å². The van der Waals surface area contributed by atoms with Gasteiger partial charge >= 0.3 is 0 Å². The van der Waals surface area contributed by atoms with Crippen LogP contribution in [0.4, 0.5) is 5.69 Å². The quantitative estimate of drug-likeness (QED) is 0.812. The Labute approximate surface area is 165 Å². The number of hydrogen-bond acceptors (Lipinski definition) is 4. The molecule has 3 rings (SSSR count). The Balaban J connectivity index is 1.55. The van der Waals surface area contributed by atoms with Gasteiger partial charge in [0.1, 0.15) is 5.75 Å². The number of likely N-dealkylation sites (N-methyl/N-ethyl adjacent to an activating group) is 1. The highest BCUT2D eigenvalue weighted by Gasteiger charge is 2.20. The van der Waals surface area contributed by atoms with Gasteiger partial charge in [0.2, 0.25) is 5.91 Å². The lowest BCUT2D eigenvalue weighted by molar-refractivity contribution is -0.111. The highest BCUT2D eigenvalue weighted by Crippen LogP contribution is 2.14. The van der Waals surface area contributed by atoms with Gasteiger partial charge < -0.3 is 19.9 Å². The number of hydrogen-bond donors (Lipinski definition) is 1. The lowest BCUT2D eigenvalue weighted by Crippen LogP contribution is -2.47. The number of amides is 2. The van der Waals surface area contributed by atoms with Crippen LogP contribution < -0.4 is 10.1 Å². The van der Waals surface area contributed by atoms with E-state index in [4.69, 9.17) is 4.74 Å². The Bertz CT molecular complexity index is 836. The van der Waals surface area contributed by atoms with Crippen molar-refractivity contribution < 1.29 is 14.3 Å². The number of rotatable bonds is 5. The van der Waals surface area contributed by atoms with E-state index < -0.39 is 0 Å². The Morgan fingerprint density at radius 1 is 0.964 bits per heavy atom. The van der Waals surface area contributed by atoms with Crippen LogP contribution >= 0.6 is 0 Å². The molecule has 1 fully saturated rings. The Morgan fingerprint density at radius 3 is 2.21 bits per heavy atom. The third-order valence-electron chi connectivity index (χ3n) is 4.73. The summed E-state index contributed by atoms with van der Waals surface area (Å²) in [4.78, 5) is 28.7. The number of piperazine rings is 1. The molecule has 1 saturated heterocycles. The van der Waals surface area contributed by atoms with Crippen LogP contribution in [0, 0.1) is 0 Å². The average molecular weight is 379 g/mol. The topological polar surface area (TPSA) is 61.9 Å². The standard InChI is InChI=1S/C22H25N3O3/c1-24-13-15-25(16-14-24)22(27)18-6-8-19(9-7-18)23-21(26)12-5-17-3-10-20(28-2)11-4-17/h3-12H,13-16H2,1-2H3,(H,23,26). The van der Waals surface area contributed by atoms with Crippen LogP contribution in [0.3, 0.4) is 0 Å². The minimum Gasteiger partial charge on any atom is -0.497 e. The number of ether oxygens (including phenoxy) is 1. The summed E-state index contributed by atoms with van der Waals surface area (Å²) in [5, 5.41) is 2.80. The minimum atomic E-state index is -0.228. The van der Waals surface area contributed by atoms with Gasteiger partial charge in [0, 0.05) is 43.5 Å². The van der Waals surface area contributed by atoms with Crippen LogP contribution in [0.1, 0.15) is 15.9 Å². The Morgan fingerprint density at radius 2 is 1.61 bits per heavy atom. The largest absolute Gasteiger partial charge is 0.497 e. The van der Waals surface area contributed by atoms with Crippen molar-refractivity contribution in [3.05, 3.63) is 65.7 Å². The zero-order chi connectivity index (χ0) is 19.9. The normalized spacial score (nSPS) is 14.9. The van der Waals surface area contributed by atoms with Gasteiger partial charge in [-0.2, -0.15) is 0 Å². The number of benzene rings is 2. The van der Waals surface area contributed by atoms with E-state index >= 15 is 0 Å². The fourth-order valence-corrected chi connectivity index (χ4v) is 2.96. The second-order valence-corrected chi connectivity index (χ2v) is 6.77. The van der Waals surface area contributed by atoms with Gasteiger partial charge in [-0.05, 0) is 55.1 Å². The van der Waals surface area contributed by atoms with Gasteiger partial charge in [-0.15, -0.1) is 0 Å². The molecule has 2 amide bonds. The summed E-state index contributed by atoms with van der Waals surface area (Å²) >= 11 is 0. The first-order valence-electron chi connectivity index (χ1n) is 9.26. The lowest BCUT2D eigenvalue weighted by Gasteiger charge is -2.32. The first-order valence-corrected chi connectivity index (χ1v) is 9.26. The van der Waals surface area contributed by atoms with Crippen molar-refractivity contribution in [3.63, 3.8) is 0 Å².